The Morgan fingerprint density at radius 1 is 1.18 bits per heavy atom. The van der Waals surface area contributed by atoms with Crippen LogP contribution in [0.3, 0.4) is 0 Å². The van der Waals surface area contributed by atoms with Crippen LogP contribution in [0, 0.1) is 5.82 Å². The molecule has 0 aromatic heterocycles. The van der Waals surface area contributed by atoms with Crippen molar-refractivity contribution in [3.63, 3.8) is 0 Å². The lowest BCUT2D eigenvalue weighted by molar-refractivity contribution is -0.113. The first-order valence-electron chi connectivity index (χ1n) is 8.83. The number of ether oxygens (including phenoxy) is 2. The molecule has 0 radical (unpaired) electrons. The molecule has 2 aromatic carbocycles. The molecule has 1 aliphatic rings. The Balaban J connectivity index is 1.77. The molecule has 144 valence electrons. The molecule has 0 saturated heterocycles. The summed E-state index contributed by atoms with van der Waals surface area (Å²) in [6.07, 6.45) is 5.72. The number of hydrogen-bond acceptors (Lipinski definition) is 4. The molecule has 2 aromatic rings. The van der Waals surface area contributed by atoms with Crippen molar-refractivity contribution in [3.05, 3.63) is 83.3 Å². The third-order valence-corrected chi connectivity index (χ3v) is 4.12. The number of rotatable bonds is 7. The van der Waals surface area contributed by atoms with Crippen LogP contribution in [0.2, 0.25) is 0 Å². The van der Waals surface area contributed by atoms with Gasteiger partial charge in [-0.3, -0.25) is 9.59 Å². The summed E-state index contributed by atoms with van der Waals surface area (Å²) in [4.78, 5) is 24.1. The third-order valence-electron chi connectivity index (χ3n) is 4.12. The summed E-state index contributed by atoms with van der Waals surface area (Å²) < 4.78 is 24.6. The van der Waals surface area contributed by atoms with E-state index in [1.165, 1.54) is 18.2 Å². The third kappa shape index (κ3) is 5.14. The molecule has 0 spiro atoms. The molecule has 6 heteroatoms. The Morgan fingerprint density at radius 2 is 1.96 bits per heavy atom. The number of carbonyl (C=O) groups is 2. The average Bonchev–Trinajstić information content (AvgIpc) is 2.69. The second-order valence-corrected chi connectivity index (χ2v) is 6.26. The zero-order valence-electron chi connectivity index (χ0n) is 15.4. The molecule has 0 aliphatic heterocycles. The summed E-state index contributed by atoms with van der Waals surface area (Å²) in [5.41, 5.74) is 1.49. The van der Waals surface area contributed by atoms with E-state index in [9.17, 15) is 14.0 Å². The summed E-state index contributed by atoms with van der Waals surface area (Å²) in [5, 5.41) is 2.61. The van der Waals surface area contributed by atoms with E-state index in [4.69, 9.17) is 9.47 Å². The van der Waals surface area contributed by atoms with Gasteiger partial charge in [0.2, 0.25) is 0 Å². The Morgan fingerprint density at radius 3 is 2.68 bits per heavy atom. The highest BCUT2D eigenvalue weighted by Crippen LogP contribution is 2.27. The summed E-state index contributed by atoms with van der Waals surface area (Å²) in [6.45, 7) is 0.620. The van der Waals surface area contributed by atoms with Crippen molar-refractivity contribution in [1.82, 2.24) is 5.32 Å². The van der Waals surface area contributed by atoms with Gasteiger partial charge in [0.15, 0.2) is 5.78 Å². The highest BCUT2D eigenvalue weighted by atomic mass is 19.1. The standard InChI is InChI=1S/C22H20FNO4/c1-27-12-11-15-5-8-19(9-6-15)28-21-10-7-16(23)13-20(21)22(26)24-17-3-2-4-18(25)14-17/h2-3,5-10,13-14H,4,11-12H2,1H3,(H,24,26). The second-order valence-electron chi connectivity index (χ2n) is 6.26. The molecule has 3 rings (SSSR count). The lowest BCUT2D eigenvalue weighted by atomic mass is 10.1. The molecule has 1 N–H and O–H groups in total. The lowest BCUT2D eigenvalue weighted by Crippen LogP contribution is -2.24. The van der Waals surface area contributed by atoms with Crippen LogP contribution < -0.4 is 10.1 Å². The van der Waals surface area contributed by atoms with Crippen LogP contribution in [0.4, 0.5) is 4.39 Å². The van der Waals surface area contributed by atoms with Crippen molar-refractivity contribution in [2.75, 3.05) is 13.7 Å². The average molecular weight is 381 g/mol. The van der Waals surface area contributed by atoms with E-state index in [0.29, 0.717) is 24.5 Å². The minimum atomic E-state index is -0.559. The van der Waals surface area contributed by atoms with Crippen LogP contribution in [-0.4, -0.2) is 25.4 Å². The highest BCUT2D eigenvalue weighted by molar-refractivity contribution is 6.00. The van der Waals surface area contributed by atoms with Gasteiger partial charge in [-0.25, -0.2) is 4.39 Å². The van der Waals surface area contributed by atoms with Crippen LogP contribution in [0.25, 0.3) is 0 Å². The molecule has 0 fully saturated rings. The van der Waals surface area contributed by atoms with Crippen LogP contribution in [0.15, 0.2) is 66.4 Å². The summed E-state index contributed by atoms with van der Waals surface area (Å²) in [5.74, 6) is -0.486. The van der Waals surface area contributed by atoms with Crippen molar-refractivity contribution >= 4 is 11.7 Å². The number of ketones is 1. The Hall–Kier alpha value is -3.25. The van der Waals surface area contributed by atoms with Crippen molar-refractivity contribution in [3.8, 4) is 11.5 Å². The summed E-state index contributed by atoms with van der Waals surface area (Å²) >= 11 is 0. The predicted molar refractivity (Wildman–Crippen MR) is 103 cm³/mol. The van der Waals surface area contributed by atoms with E-state index < -0.39 is 11.7 Å². The summed E-state index contributed by atoms with van der Waals surface area (Å²) in [6, 6.07) is 11.1. The molecule has 0 atom stereocenters. The maximum Gasteiger partial charge on any atom is 0.259 e. The molecule has 28 heavy (non-hydrogen) atoms. The van der Waals surface area contributed by atoms with Crippen molar-refractivity contribution in [2.24, 2.45) is 0 Å². The van der Waals surface area contributed by atoms with Gasteiger partial charge >= 0.3 is 0 Å². The number of hydrogen-bond donors (Lipinski definition) is 1. The zero-order valence-corrected chi connectivity index (χ0v) is 15.4. The highest BCUT2D eigenvalue weighted by Gasteiger charge is 2.16. The van der Waals surface area contributed by atoms with Gasteiger partial charge in [-0.1, -0.05) is 18.2 Å². The molecule has 5 nitrogen and oxygen atoms in total. The number of allylic oxidation sites excluding steroid dienone is 3. The first kappa shape index (κ1) is 19.5. The minimum absolute atomic E-state index is 0.0378. The predicted octanol–water partition coefficient (Wildman–Crippen LogP) is 3.95. The molecule has 0 heterocycles. The lowest BCUT2D eigenvalue weighted by Gasteiger charge is -2.13. The Bertz CT molecular complexity index is 932. The quantitative estimate of drug-likeness (QED) is 0.789. The van der Waals surface area contributed by atoms with Crippen LogP contribution in [-0.2, 0) is 16.0 Å². The monoisotopic (exact) mass is 381 g/mol. The fourth-order valence-corrected chi connectivity index (χ4v) is 2.70. The van der Waals surface area contributed by atoms with E-state index >= 15 is 0 Å². The van der Waals surface area contributed by atoms with E-state index in [0.717, 1.165) is 18.1 Å². The second kappa shape index (κ2) is 9.10. The van der Waals surface area contributed by atoms with Crippen LogP contribution in [0.1, 0.15) is 22.3 Å². The van der Waals surface area contributed by atoms with Gasteiger partial charge in [-0.2, -0.15) is 0 Å². The topological polar surface area (TPSA) is 64.6 Å². The number of carbonyl (C=O) groups excluding carboxylic acids is 2. The molecule has 0 saturated carbocycles. The fourth-order valence-electron chi connectivity index (χ4n) is 2.70. The Labute approximate surface area is 162 Å². The van der Waals surface area contributed by atoms with E-state index in [1.54, 1.807) is 31.4 Å². The largest absolute Gasteiger partial charge is 0.457 e. The maximum absolute atomic E-state index is 13.7. The van der Waals surface area contributed by atoms with Crippen molar-refractivity contribution < 1.29 is 23.5 Å². The molecular weight excluding hydrogens is 361 g/mol. The Kier molecular flexibility index (Phi) is 6.34. The normalized spacial score (nSPS) is 13.2. The zero-order chi connectivity index (χ0) is 19.9. The van der Waals surface area contributed by atoms with Gasteiger partial charge in [-0.05, 0) is 48.4 Å². The first-order chi connectivity index (χ1) is 13.5. The number of benzene rings is 2. The van der Waals surface area contributed by atoms with Crippen molar-refractivity contribution in [2.45, 2.75) is 12.8 Å². The number of halogens is 1. The summed E-state index contributed by atoms with van der Waals surface area (Å²) in [7, 11) is 1.65. The van der Waals surface area contributed by atoms with E-state index in [1.807, 2.05) is 12.1 Å². The van der Waals surface area contributed by atoms with Gasteiger partial charge in [0, 0.05) is 25.3 Å². The SMILES string of the molecule is COCCc1ccc(Oc2ccc(F)cc2C(=O)NC2=CC(=O)CC=C2)cc1. The van der Waals surface area contributed by atoms with Gasteiger partial charge in [-0.15, -0.1) is 0 Å². The number of nitrogens with one attached hydrogen (secondary N) is 1. The molecule has 0 unspecified atom stereocenters. The van der Waals surface area contributed by atoms with E-state index in [-0.39, 0.29) is 17.1 Å². The smallest absolute Gasteiger partial charge is 0.259 e. The molecule has 1 aliphatic carbocycles. The van der Waals surface area contributed by atoms with E-state index in [2.05, 4.69) is 5.32 Å². The number of methoxy groups -OCH3 is 1. The minimum Gasteiger partial charge on any atom is -0.457 e. The maximum atomic E-state index is 13.7. The van der Waals surface area contributed by atoms with Gasteiger partial charge < -0.3 is 14.8 Å². The van der Waals surface area contributed by atoms with Crippen molar-refractivity contribution in [1.29, 1.82) is 0 Å². The number of amides is 1. The van der Waals surface area contributed by atoms with Crippen LogP contribution in [0.5, 0.6) is 11.5 Å². The van der Waals surface area contributed by atoms with Gasteiger partial charge in [0.05, 0.1) is 12.2 Å². The molecule has 1 amide bonds. The first-order valence-corrected chi connectivity index (χ1v) is 8.83. The van der Waals surface area contributed by atoms with Gasteiger partial charge in [0.25, 0.3) is 5.91 Å². The fraction of sp³-hybridized carbons (Fsp3) is 0.182. The molecule has 0 bridgehead atoms. The molecular formula is C22H20FNO4. The van der Waals surface area contributed by atoms with Crippen LogP contribution >= 0.6 is 0 Å². The van der Waals surface area contributed by atoms with Gasteiger partial charge in [0.1, 0.15) is 17.3 Å².